The second-order valence-electron chi connectivity index (χ2n) is 4.65. The molecule has 3 heteroatoms. The highest BCUT2D eigenvalue weighted by molar-refractivity contribution is 5.82. The minimum atomic E-state index is -0.717. The van der Waals surface area contributed by atoms with E-state index in [1.165, 1.54) is 0 Å². The van der Waals surface area contributed by atoms with Gasteiger partial charge >= 0.3 is 0 Å². The molecule has 3 nitrogen and oxygen atoms in total. The summed E-state index contributed by atoms with van der Waals surface area (Å²) in [6.07, 6.45) is 1.01. The number of fused-ring (bicyclic) bond motifs is 1. The van der Waals surface area contributed by atoms with Crippen LogP contribution < -0.4 is 5.73 Å². The van der Waals surface area contributed by atoms with Crippen LogP contribution in [0.3, 0.4) is 0 Å². The number of para-hydroxylation sites is 1. The molecule has 1 heterocycles. The highest BCUT2D eigenvalue weighted by atomic mass is 16.3. The van der Waals surface area contributed by atoms with Gasteiger partial charge in [0.25, 0.3) is 0 Å². The van der Waals surface area contributed by atoms with E-state index in [-0.39, 0.29) is 0 Å². The summed E-state index contributed by atoms with van der Waals surface area (Å²) in [7, 11) is 0. The molecular weight excluding hydrogens is 200 g/mol. The quantitative estimate of drug-likeness (QED) is 0.807. The highest BCUT2D eigenvalue weighted by Crippen LogP contribution is 2.28. The largest absolute Gasteiger partial charge is 0.386 e. The molecular formula is C13H16N2O. The van der Waals surface area contributed by atoms with Crippen LogP contribution in [0, 0.1) is 0 Å². The first-order valence-electron chi connectivity index (χ1n) is 5.31. The Morgan fingerprint density at radius 2 is 1.94 bits per heavy atom. The Kier molecular flexibility index (Phi) is 2.66. The second kappa shape index (κ2) is 3.85. The molecule has 0 saturated heterocycles. The molecule has 0 spiro atoms. The fraction of sp³-hybridized carbons (Fsp3) is 0.308. The Labute approximate surface area is 94.9 Å². The molecule has 0 aliphatic heterocycles. The van der Waals surface area contributed by atoms with Crippen molar-refractivity contribution in [2.75, 3.05) is 0 Å². The number of aromatic nitrogens is 1. The molecule has 1 atom stereocenters. The molecule has 1 unspecified atom stereocenters. The molecule has 2 rings (SSSR count). The number of nitrogens with two attached hydrogens (primary N) is 1. The zero-order valence-electron chi connectivity index (χ0n) is 9.51. The lowest BCUT2D eigenvalue weighted by Crippen LogP contribution is -2.39. The van der Waals surface area contributed by atoms with Crippen LogP contribution in [0.4, 0.5) is 0 Å². The molecule has 84 valence electrons. The van der Waals surface area contributed by atoms with E-state index in [1.54, 1.807) is 20.0 Å². The average molecular weight is 216 g/mol. The first-order chi connectivity index (χ1) is 7.50. The van der Waals surface area contributed by atoms with Gasteiger partial charge in [0.05, 0.1) is 11.6 Å². The van der Waals surface area contributed by atoms with Crippen molar-refractivity contribution < 1.29 is 5.11 Å². The van der Waals surface area contributed by atoms with E-state index in [0.717, 1.165) is 16.5 Å². The summed E-state index contributed by atoms with van der Waals surface area (Å²) in [4.78, 5) is 4.30. The van der Waals surface area contributed by atoms with E-state index in [4.69, 9.17) is 5.73 Å². The van der Waals surface area contributed by atoms with Gasteiger partial charge in [-0.3, -0.25) is 4.98 Å². The van der Waals surface area contributed by atoms with Crippen molar-refractivity contribution in [2.45, 2.75) is 25.5 Å². The molecule has 0 bridgehead atoms. The molecule has 3 N–H and O–H groups in total. The summed E-state index contributed by atoms with van der Waals surface area (Å²) in [6.45, 7) is 3.61. The van der Waals surface area contributed by atoms with Gasteiger partial charge < -0.3 is 10.8 Å². The van der Waals surface area contributed by atoms with Gasteiger partial charge in [-0.25, -0.2) is 0 Å². The SMILES string of the molecule is CC(C)(N)C(O)c1cccc2cccnc12. The fourth-order valence-electron chi connectivity index (χ4n) is 1.75. The maximum Gasteiger partial charge on any atom is 0.0984 e. The Bertz CT molecular complexity index is 497. The van der Waals surface area contributed by atoms with Gasteiger partial charge in [0, 0.05) is 22.7 Å². The molecule has 1 aromatic carbocycles. The monoisotopic (exact) mass is 216 g/mol. The number of hydrogen-bond acceptors (Lipinski definition) is 3. The Balaban J connectivity index is 2.61. The van der Waals surface area contributed by atoms with Crippen molar-refractivity contribution in [3.8, 4) is 0 Å². The minimum absolute atomic E-state index is 0.675. The van der Waals surface area contributed by atoms with Gasteiger partial charge in [-0.05, 0) is 19.9 Å². The molecule has 0 fully saturated rings. The van der Waals surface area contributed by atoms with Crippen LogP contribution in [0.15, 0.2) is 36.5 Å². The third kappa shape index (κ3) is 1.92. The van der Waals surface area contributed by atoms with Gasteiger partial charge in [-0.2, -0.15) is 0 Å². The second-order valence-corrected chi connectivity index (χ2v) is 4.65. The summed E-state index contributed by atoms with van der Waals surface area (Å²) in [5, 5.41) is 11.2. The molecule has 16 heavy (non-hydrogen) atoms. The number of hydrogen-bond donors (Lipinski definition) is 2. The van der Waals surface area contributed by atoms with Crippen LogP contribution >= 0.6 is 0 Å². The van der Waals surface area contributed by atoms with E-state index >= 15 is 0 Å². The van der Waals surface area contributed by atoms with Crippen LogP contribution in [0.1, 0.15) is 25.5 Å². The lowest BCUT2D eigenvalue weighted by Gasteiger charge is -2.26. The van der Waals surface area contributed by atoms with Crippen molar-refractivity contribution >= 4 is 10.9 Å². The molecule has 0 aliphatic rings. The van der Waals surface area contributed by atoms with Crippen LogP contribution in [0.5, 0.6) is 0 Å². The van der Waals surface area contributed by atoms with Gasteiger partial charge in [-0.15, -0.1) is 0 Å². The van der Waals surface area contributed by atoms with E-state index in [0.29, 0.717) is 0 Å². The van der Waals surface area contributed by atoms with E-state index < -0.39 is 11.6 Å². The van der Waals surface area contributed by atoms with Gasteiger partial charge in [0.2, 0.25) is 0 Å². The predicted molar refractivity (Wildman–Crippen MR) is 65.0 cm³/mol. The number of aliphatic hydroxyl groups excluding tert-OH is 1. The topological polar surface area (TPSA) is 59.1 Å². The molecule has 2 aromatic rings. The first kappa shape index (κ1) is 11.0. The van der Waals surface area contributed by atoms with Crippen LogP contribution in [0.2, 0.25) is 0 Å². The molecule has 0 amide bonds. The van der Waals surface area contributed by atoms with Crippen LogP contribution in [-0.2, 0) is 0 Å². The molecule has 0 aliphatic carbocycles. The third-order valence-corrected chi connectivity index (χ3v) is 2.66. The first-order valence-corrected chi connectivity index (χ1v) is 5.31. The minimum Gasteiger partial charge on any atom is -0.386 e. The number of rotatable bonds is 2. The van der Waals surface area contributed by atoms with E-state index in [9.17, 15) is 5.11 Å². The zero-order chi connectivity index (χ0) is 11.8. The summed E-state index contributed by atoms with van der Waals surface area (Å²) in [5.74, 6) is 0. The van der Waals surface area contributed by atoms with Crippen molar-refractivity contribution in [1.29, 1.82) is 0 Å². The maximum atomic E-state index is 10.2. The number of pyridine rings is 1. The maximum absolute atomic E-state index is 10.2. The van der Waals surface area contributed by atoms with E-state index in [1.807, 2.05) is 30.3 Å². The van der Waals surface area contributed by atoms with Gasteiger partial charge in [-0.1, -0.05) is 24.3 Å². The third-order valence-electron chi connectivity index (χ3n) is 2.66. The van der Waals surface area contributed by atoms with Crippen molar-refractivity contribution in [1.82, 2.24) is 4.98 Å². The predicted octanol–water partition coefficient (Wildman–Crippen LogP) is 2.01. The van der Waals surface area contributed by atoms with Crippen molar-refractivity contribution in [3.05, 3.63) is 42.1 Å². The summed E-state index contributed by atoms with van der Waals surface area (Å²) in [5.41, 5.74) is 6.85. The van der Waals surface area contributed by atoms with Gasteiger partial charge in [0.1, 0.15) is 0 Å². The lowest BCUT2D eigenvalue weighted by atomic mass is 9.91. The Morgan fingerprint density at radius 1 is 1.25 bits per heavy atom. The summed E-state index contributed by atoms with van der Waals surface area (Å²) < 4.78 is 0. The number of nitrogens with zero attached hydrogens (tertiary/aromatic N) is 1. The van der Waals surface area contributed by atoms with E-state index in [2.05, 4.69) is 4.98 Å². The number of aliphatic hydroxyl groups is 1. The molecule has 1 aromatic heterocycles. The molecule has 0 saturated carbocycles. The zero-order valence-corrected chi connectivity index (χ0v) is 9.51. The number of benzene rings is 1. The van der Waals surface area contributed by atoms with Crippen LogP contribution in [0.25, 0.3) is 10.9 Å². The average Bonchev–Trinajstić information content (AvgIpc) is 2.26. The van der Waals surface area contributed by atoms with Crippen LogP contribution in [-0.4, -0.2) is 15.6 Å². The smallest absolute Gasteiger partial charge is 0.0984 e. The highest BCUT2D eigenvalue weighted by Gasteiger charge is 2.26. The van der Waals surface area contributed by atoms with Crippen molar-refractivity contribution in [3.63, 3.8) is 0 Å². The summed E-state index contributed by atoms with van der Waals surface area (Å²) >= 11 is 0. The normalized spacial score (nSPS) is 14.0. The standard InChI is InChI=1S/C13H16N2O/c1-13(2,14)12(16)10-7-3-5-9-6-4-8-15-11(9)10/h3-8,12,16H,14H2,1-2H3. The Hall–Kier alpha value is -1.45. The van der Waals surface area contributed by atoms with Crippen molar-refractivity contribution in [2.24, 2.45) is 5.73 Å². The Morgan fingerprint density at radius 3 is 2.62 bits per heavy atom. The fourth-order valence-corrected chi connectivity index (χ4v) is 1.75. The lowest BCUT2D eigenvalue weighted by molar-refractivity contribution is 0.106. The van der Waals surface area contributed by atoms with Gasteiger partial charge in [0.15, 0.2) is 0 Å². The molecule has 0 radical (unpaired) electrons. The summed E-state index contributed by atoms with van der Waals surface area (Å²) in [6, 6.07) is 9.61.